The SMILES string of the molecule is CC1(C)O[C@@H]2[C@H](O1)[C@@H](CO)O[C@H]2n1cnc2c(N)cc(N(CCc3ccc(C=Cc4ccccc4)cc3)Cc3ccccc3)nc21. The Kier molecular flexibility index (Phi) is 8.31. The molecule has 5 aromatic rings. The van der Waals surface area contributed by atoms with Gasteiger partial charge in [-0.2, -0.15) is 0 Å². The smallest absolute Gasteiger partial charge is 0.166 e. The van der Waals surface area contributed by atoms with Gasteiger partial charge in [0.2, 0.25) is 0 Å². The number of nitrogens with two attached hydrogens (primary N) is 1. The minimum absolute atomic E-state index is 0.181. The van der Waals surface area contributed by atoms with Crippen LogP contribution in [0.3, 0.4) is 0 Å². The highest BCUT2D eigenvalue weighted by molar-refractivity contribution is 5.86. The Morgan fingerprint density at radius 2 is 1.57 bits per heavy atom. The van der Waals surface area contributed by atoms with Gasteiger partial charge >= 0.3 is 0 Å². The molecule has 46 heavy (non-hydrogen) atoms. The topological polar surface area (TPSA) is 108 Å². The average Bonchev–Trinajstić information content (AvgIpc) is 3.74. The second-order valence-corrected chi connectivity index (χ2v) is 12.3. The number of benzene rings is 3. The molecular weight excluding hydrogens is 578 g/mol. The Hall–Kier alpha value is -4.54. The van der Waals surface area contributed by atoms with E-state index in [1.807, 2.05) is 60.9 Å². The molecule has 0 saturated carbocycles. The minimum Gasteiger partial charge on any atom is -0.397 e. The average molecular weight is 618 g/mol. The number of rotatable bonds is 10. The first kappa shape index (κ1) is 30.1. The highest BCUT2D eigenvalue weighted by Crippen LogP contribution is 2.44. The predicted molar refractivity (Wildman–Crippen MR) is 180 cm³/mol. The fourth-order valence-electron chi connectivity index (χ4n) is 6.29. The van der Waals surface area contributed by atoms with E-state index in [2.05, 4.69) is 70.6 Å². The zero-order valence-electron chi connectivity index (χ0n) is 26.1. The second kappa shape index (κ2) is 12.7. The Labute approximate surface area is 268 Å². The maximum absolute atomic E-state index is 10.0. The van der Waals surface area contributed by atoms with Gasteiger partial charge in [0, 0.05) is 19.2 Å². The van der Waals surface area contributed by atoms with Crippen molar-refractivity contribution in [2.45, 2.75) is 57.1 Å². The van der Waals surface area contributed by atoms with Crippen LogP contribution in [0.1, 0.15) is 42.3 Å². The zero-order chi connectivity index (χ0) is 31.7. The van der Waals surface area contributed by atoms with Crippen LogP contribution < -0.4 is 10.6 Å². The number of nitrogen functional groups attached to an aromatic ring is 1. The van der Waals surface area contributed by atoms with E-state index in [-0.39, 0.29) is 6.61 Å². The Balaban J connectivity index is 1.16. The van der Waals surface area contributed by atoms with Gasteiger partial charge in [-0.1, -0.05) is 97.1 Å². The van der Waals surface area contributed by atoms with Gasteiger partial charge in [0.05, 0.1) is 18.6 Å². The van der Waals surface area contributed by atoms with Crippen LogP contribution in [-0.4, -0.2) is 56.9 Å². The number of fused-ring (bicyclic) bond motifs is 2. The number of nitrogens with zero attached hydrogens (tertiary/aromatic N) is 4. The van der Waals surface area contributed by atoms with E-state index >= 15 is 0 Å². The second-order valence-electron chi connectivity index (χ2n) is 12.3. The van der Waals surface area contributed by atoms with Gasteiger partial charge in [0.1, 0.15) is 29.6 Å². The van der Waals surface area contributed by atoms with Crippen molar-refractivity contribution >= 4 is 34.8 Å². The number of aliphatic hydroxyl groups excluding tert-OH is 1. The summed E-state index contributed by atoms with van der Waals surface area (Å²) < 4.78 is 20.4. The molecule has 3 aromatic carbocycles. The lowest BCUT2D eigenvalue weighted by atomic mass is 10.1. The molecule has 236 valence electrons. The molecule has 0 aliphatic carbocycles. The maximum Gasteiger partial charge on any atom is 0.166 e. The molecule has 0 bridgehead atoms. The zero-order valence-corrected chi connectivity index (χ0v) is 26.1. The summed E-state index contributed by atoms with van der Waals surface area (Å²) in [4.78, 5) is 12.0. The molecule has 0 unspecified atom stereocenters. The molecular formula is C37H39N5O4. The molecule has 2 saturated heterocycles. The minimum atomic E-state index is -0.790. The molecule has 0 amide bonds. The van der Waals surface area contributed by atoms with Crippen LogP contribution in [0.4, 0.5) is 11.5 Å². The highest BCUT2D eigenvalue weighted by atomic mass is 16.8. The van der Waals surface area contributed by atoms with Crippen LogP contribution in [0.15, 0.2) is 97.3 Å². The van der Waals surface area contributed by atoms with Crippen molar-refractivity contribution in [3.63, 3.8) is 0 Å². The van der Waals surface area contributed by atoms with E-state index in [1.54, 1.807) is 6.33 Å². The van der Waals surface area contributed by atoms with E-state index in [9.17, 15) is 5.11 Å². The molecule has 3 N–H and O–H groups in total. The first-order chi connectivity index (χ1) is 22.4. The first-order valence-corrected chi connectivity index (χ1v) is 15.7. The van der Waals surface area contributed by atoms with E-state index < -0.39 is 30.3 Å². The summed E-state index contributed by atoms with van der Waals surface area (Å²) in [5, 5.41) is 10.0. The molecule has 0 spiro atoms. The van der Waals surface area contributed by atoms with Crippen molar-refractivity contribution in [1.82, 2.24) is 14.5 Å². The van der Waals surface area contributed by atoms with Crippen molar-refractivity contribution in [3.05, 3.63) is 120 Å². The third-order valence-corrected chi connectivity index (χ3v) is 8.58. The normalized spacial score (nSPS) is 22.1. The van der Waals surface area contributed by atoms with Gasteiger partial charge in [-0.3, -0.25) is 4.57 Å². The molecule has 2 aliphatic rings. The van der Waals surface area contributed by atoms with Crippen molar-refractivity contribution in [2.75, 3.05) is 23.8 Å². The number of aliphatic hydroxyl groups is 1. The van der Waals surface area contributed by atoms with Gasteiger partial charge in [-0.25, -0.2) is 9.97 Å². The molecule has 4 heterocycles. The summed E-state index contributed by atoms with van der Waals surface area (Å²) in [7, 11) is 0. The number of aromatic nitrogens is 3. The number of pyridine rings is 1. The highest BCUT2D eigenvalue weighted by Gasteiger charge is 2.56. The number of ether oxygens (including phenoxy) is 3. The molecule has 9 nitrogen and oxygen atoms in total. The summed E-state index contributed by atoms with van der Waals surface area (Å²) in [5.41, 5.74) is 13.1. The summed E-state index contributed by atoms with van der Waals surface area (Å²) >= 11 is 0. The fraction of sp³-hybridized carbons (Fsp3) is 0.297. The Morgan fingerprint density at radius 3 is 2.28 bits per heavy atom. The van der Waals surface area contributed by atoms with Gasteiger partial charge in [-0.15, -0.1) is 0 Å². The predicted octanol–water partition coefficient (Wildman–Crippen LogP) is 5.84. The molecule has 7 rings (SSSR count). The van der Waals surface area contributed by atoms with Crippen molar-refractivity contribution in [2.24, 2.45) is 0 Å². The maximum atomic E-state index is 10.0. The van der Waals surface area contributed by atoms with Crippen molar-refractivity contribution < 1.29 is 19.3 Å². The van der Waals surface area contributed by atoms with Crippen LogP contribution in [0, 0.1) is 0 Å². The quantitative estimate of drug-likeness (QED) is 0.188. The molecule has 9 heteroatoms. The molecule has 0 radical (unpaired) electrons. The summed E-state index contributed by atoms with van der Waals surface area (Å²) in [6.45, 7) is 4.94. The first-order valence-electron chi connectivity index (χ1n) is 15.7. The Bertz CT molecular complexity index is 1810. The van der Waals surface area contributed by atoms with Crippen LogP contribution in [0.5, 0.6) is 0 Å². The van der Waals surface area contributed by atoms with Crippen LogP contribution >= 0.6 is 0 Å². The van der Waals surface area contributed by atoms with Crippen LogP contribution in [0.2, 0.25) is 0 Å². The Morgan fingerprint density at radius 1 is 0.891 bits per heavy atom. The van der Waals surface area contributed by atoms with E-state index in [0.717, 1.165) is 24.3 Å². The standard InChI is InChI=1S/C37H39N5O4/c1-37(2)45-33-30(23-43)44-36(34(33)46-37)42-24-39-32-29(38)21-31(40-35(32)42)41(22-28-11-7-4-8-12-28)20-19-27-17-15-26(16-18-27)14-13-25-9-5-3-6-10-25/h3-18,21,24,30,33-34,36,43H,19-20,22-23H2,1-2H3,(H2,38,40)/t30-,33-,34-,36-/m1/s1. The lowest BCUT2D eigenvalue weighted by Gasteiger charge is -2.26. The number of anilines is 2. The van der Waals surface area contributed by atoms with Crippen LogP contribution in [0.25, 0.3) is 23.3 Å². The van der Waals surface area contributed by atoms with Gasteiger partial charge in [0.25, 0.3) is 0 Å². The summed E-state index contributed by atoms with van der Waals surface area (Å²) in [5.74, 6) is -0.0445. The van der Waals surface area contributed by atoms with E-state index in [4.69, 9.17) is 24.9 Å². The fourth-order valence-corrected chi connectivity index (χ4v) is 6.29. The van der Waals surface area contributed by atoms with E-state index in [1.165, 1.54) is 16.7 Å². The molecule has 4 atom stereocenters. The summed E-state index contributed by atoms with van der Waals surface area (Å²) in [6.07, 6.45) is 4.83. The molecule has 2 fully saturated rings. The monoisotopic (exact) mass is 617 g/mol. The van der Waals surface area contributed by atoms with E-state index in [0.29, 0.717) is 23.4 Å². The van der Waals surface area contributed by atoms with Gasteiger partial charge in [0.15, 0.2) is 17.7 Å². The largest absolute Gasteiger partial charge is 0.397 e. The van der Waals surface area contributed by atoms with Crippen molar-refractivity contribution in [3.8, 4) is 0 Å². The van der Waals surface area contributed by atoms with Crippen molar-refractivity contribution in [1.29, 1.82) is 0 Å². The lowest BCUT2D eigenvalue weighted by molar-refractivity contribution is -0.199. The summed E-state index contributed by atoms with van der Waals surface area (Å²) in [6, 6.07) is 31.2. The number of hydrogen-bond donors (Lipinski definition) is 2. The number of hydrogen-bond acceptors (Lipinski definition) is 8. The van der Waals surface area contributed by atoms with Gasteiger partial charge < -0.3 is 30.0 Å². The number of imidazole rings is 1. The third-order valence-electron chi connectivity index (χ3n) is 8.58. The van der Waals surface area contributed by atoms with Crippen LogP contribution in [-0.2, 0) is 27.2 Å². The molecule has 2 aromatic heterocycles. The third kappa shape index (κ3) is 6.27. The van der Waals surface area contributed by atoms with Gasteiger partial charge in [-0.05, 0) is 42.5 Å². The lowest BCUT2D eigenvalue weighted by Crippen LogP contribution is -2.31. The molecule has 2 aliphatic heterocycles.